The number of rotatable bonds is 7. The van der Waals surface area contributed by atoms with Gasteiger partial charge in [0.25, 0.3) is 0 Å². The van der Waals surface area contributed by atoms with Crippen molar-refractivity contribution in [2.75, 3.05) is 7.11 Å². The van der Waals surface area contributed by atoms with E-state index in [4.69, 9.17) is 4.74 Å². The number of aromatic carboxylic acids is 1. The Labute approximate surface area is 171 Å². The van der Waals surface area contributed by atoms with Gasteiger partial charge in [-0.15, -0.1) is 0 Å². The molecular weight excluding hydrogens is 397 g/mol. The minimum absolute atomic E-state index is 0.0990. The van der Waals surface area contributed by atoms with E-state index in [1.807, 2.05) is 19.1 Å². The minimum atomic E-state index is -4.45. The van der Waals surface area contributed by atoms with Crippen LogP contribution in [-0.4, -0.2) is 27.7 Å². The first-order chi connectivity index (χ1) is 14.3. The van der Waals surface area contributed by atoms with Gasteiger partial charge in [-0.05, 0) is 29.7 Å². The maximum Gasteiger partial charge on any atom is 0.416 e. The Morgan fingerprint density at radius 3 is 2.47 bits per heavy atom. The van der Waals surface area contributed by atoms with Crippen molar-refractivity contribution in [1.82, 2.24) is 9.55 Å². The fraction of sp³-hybridized carbons (Fsp3) is 0.273. The number of methoxy groups -OCH3 is 1. The van der Waals surface area contributed by atoms with Gasteiger partial charge in [-0.2, -0.15) is 13.2 Å². The van der Waals surface area contributed by atoms with Crippen LogP contribution < -0.4 is 4.74 Å². The van der Waals surface area contributed by atoms with Crippen LogP contribution in [0.1, 0.15) is 47.4 Å². The fourth-order valence-corrected chi connectivity index (χ4v) is 3.45. The Hall–Kier alpha value is -3.29. The van der Waals surface area contributed by atoms with Gasteiger partial charge >= 0.3 is 12.1 Å². The molecule has 0 bridgehead atoms. The Balaban J connectivity index is 1.97. The Kier molecular flexibility index (Phi) is 6.14. The summed E-state index contributed by atoms with van der Waals surface area (Å²) in [7, 11) is 1.33. The summed E-state index contributed by atoms with van der Waals surface area (Å²) in [5, 5.41) is 9.39. The molecule has 2 aromatic carbocycles. The number of nitrogens with zero attached hydrogens (tertiary/aromatic N) is 2. The van der Waals surface area contributed by atoms with Crippen LogP contribution in [-0.2, 0) is 6.18 Å². The number of hydrogen-bond donors (Lipinski definition) is 1. The SMILES string of the molecule is CCCC(c1ccc(-c2ccc(C(F)(F)F)cc2OC)cc1)n1cncc1C(=O)O. The quantitative estimate of drug-likeness (QED) is 0.537. The smallest absolute Gasteiger partial charge is 0.416 e. The highest BCUT2D eigenvalue weighted by atomic mass is 19.4. The zero-order valence-corrected chi connectivity index (χ0v) is 16.5. The van der Waals surface area contributed by atoms with Crippen molar-refractivity contribution < 1.29 is 27.8 Å². The van der Waals surface area contributed by atoms with Gasteiger partial charge in [0, 0.05) is 5.56 Å². The van der Waals surface area contributed by atoms with Crippen LogP contribution in [0, 0.1) is 0 Å². The first-order valence-electron chi connectivity index (χ1n) is 9.37. The van der Waals surface area contributed by atoms with Gasteiger partial charge in [0.1, 0.15) is 11.4 Å². The number of carbonyl (C=O) groups is 1. The molecule has 1 heterocycles. The van der Waals surface area contributed by atoms with E-state index < -0.39 is 17.7 Å². The van der Waals surface area contributed by atoms with Crippen LogP contribution in [0.15, 0.2) is 55.0 Å². The normalized spacial score (nSPS) is 12.6. The number of carboxylic acids is 1. The lowest BCUT2D eigenvalue weighted by Gasteiger charge is -2.20. The van der Waals surface area contributed by atoms with E-state index in [1.165, 1.54) is 25.7 Å². The average Bonchev–Trinajstić information content (AvgIpc) is 3.21. The van der Waals surface area contributed by atoms with Crippen molar-refractivity contribution in [3.05, 3.63) is 71.8 Å². The highest BCUT2D eigenvalue weighted by Crippen LogP contribution is 2.37. The van der Waals surface area contributed by atoms with Crippen molar-refractivity contribution in [2.24, 2.45) is 0 Å². The number of ether oxygens (including phenoxy) is 1. The van der Waals surface area contributed by atoms with Crippen LogP contribution in [0.5, 0.6) is 5.75 Å². The summed E-state index contributed by atoms with van der Waals surface area (Å²) in [6, 6.07) is 10.5. The summed E-state index contributed by atoms with van der Waals surface area (Å²) in [6.45, 7) is 2.01. The Bertz CT molecular complexity index is 1030. The van der Waals surface area contributed by atoms with Crippen LogP contribution in [0.25, 0.3) is 11.1 Å². The van der Waals surface area contributed by atoms with E-state index in [-0.39, 0.29) is 17.5 Å². The molecule has 0 aliphatic carbocycles. The zero-order valence-electron chi connectivity index (χ0n) is 16.5. The monoisotopic (exact) mass is 418 g/mol. The lowest BCUT2D eigenvalue weighted by atomic mass is 9.97. The summed E-state index contributed by atoms with van der Waals surface area (Å²) in [6.07, 6.45) is -0.103. The van der Waals surface area contributed by atoms with E-state index in [0.29, 0.717) is 17.5 Å². The van der Waals surface area contributed by atoms with E-state index in [9.17, 15) is 23.1 Å². The molecule has 1 unspecified atom stereocenters. The predicted molar refractivity (Wildman–Crippen MR) is 106 cm³/mol. The predicted octanol–water partition coefficient (Wildman–Crippen LogP) is 5.67. The summed E-state index contributed by atoms with van der Waals surface area (Å²) in [5.74, 6) is -0.926. The molecule has 0 aliphatic rings. The number of halogens is 3. The van der Waals surface area contributed by atoms with Gasteiger partial charge in [0.15, 0.2) is 0 Å². The molecule has 3 aromatic rings. The number of imidazole rings is 1. The van der Waals surface area contributed by atoms with Gasteiger partial charge in [-0.25, -0.2) is 9.78 Å². The van der Waals surface area contributed by atoms with Crippen molar-refractivity contribution in [2.45, 2.75) is 32.0 Å². The summed E-state index contributed by atoms with van der Waals surface area (Å²) in [4.78, 5) is 15.4. The largest absolute Gasteiger partial charge is 0.496 e. The van der Waals surface area contributed by atoms with Gasteiger partial charge in [0.2, 0.25) is 0 Å². The third-order valence-corrected chi connectivity index (χ3v) is 4.92. The molecule has 3 rings (SSSR count). The maximum absolute atomic E-state index is 13.0. The highest BCUT2D eigenvalue weighted by Gasteiger charge is 2.31. The molecule has 1 atom stereocenters. The van der Waals surface area contributed by atoms with Crippen molar-refractivity contribution >= 4 is 5.97 Å². The number of aromatic nitrogens is 2. The average molecular weight is 418 g/mol. The van der Waals surface area contributed by atoms with Crippen molar-refractivity contribution in [3.8, 4) is 16.9 Å². The highest BCUT2D eigenvalue weighted by molar-refractivity contribution is 5.85. The topological polar surface area (TPSA) is 64.4 Å². The van der Waals surface area contributed by atoms with Crippen molar-refractivity contribution in [1.29, 1.82) is 0 Å². The standard InChI is InChI=1S/C22H21F3N2O3/c1-3-4-18(27-13-26-12-19(27)21(28)29)15-7-5-14(6-8-15)17-10-9-16(22(23,24)25)11-20(17)30-2/h5-13,18H,3-4H2,1-2H3,(H,28,29). The fourth-order valence-electron chi connectivity index (χ4n) is 3.45. The zero-order chi connectivity index (χ0) is 21.9. The van der Waals surface area contributed by atoms with Crippen molar-refractivity contribution in [3.63, 3.8) is 0 Å². The number of alkyl halides is 3. The van der Waals surface area contributed by atoms with Crippen LogP contribution >= 0.6 is 0 Å². The number of benzene rings is 2. The molecule has 30 heavy (non-hydrogen) atoms. The van der Waals surface area contributed by atoms with E-state index in [2.05, 4.69) is 4.98 Å². The van der Waals surface area contributed by atoms with Gasteiger partial charge in [-0.3, -0.25) is 0 Å². The number of hydrogen-bond acceptors (Lipinski definition) is 3. The molecule has 0 aliphatic heterocycles. The number of carboxylic acid groups (broad SMARTS) is 1. The third-order valence-electron chi connectivity index (χ3n) is 4.92. The second kappa shape index (κ2) is 8.61. The third kappa shape index (κ3) is 4.32. The molecule has 0 fully saturated rings. The molecule has 8 heteroatoms. The second-order valence-electron chi connectivity index (χ2n) is 6.83. The first kappa shape index (κ1) is 21.4. The summed E-state index contributed by atoms with van der Waals surface area (Å²) >= 11 is 0. The molecule has 5 nitrogen and oxygen atoms in total. The van der Waals surface area contributed by atoms with Gasteiger partial charge < -0.3 is 14.4 Å². The summed E-state index contributed by atoms with van der Waals surface area (Å²) in [5.41, 5.74) is 1.44. The Morgan fingerprint density at radius 1 is 1.20 bits per heavy atom. The van der Waals surface area contributed by atoms with E-state index in [0.717, 1.165) is 24.1 Å². The molecule has 0 spiro atoms. The van der Waals surface area contributed by atoms with Gasteiger partial charge in [0.05, 0.1) is 31.2 Å². The van der Waals surface area contributed by atoms with E-state index >= 15 is 0 Å². The molecule has 0 radical (unpaired) electrons. The molecule has 0 saturated carbocycles. The lowest BCUT2D eigenvalue weighted by Crippen LogP contribution is -2.15. The molecule has 158 valence electrons. The maximum atomic E-state index is 13.0. The van der Waals surface area contributed by atoms with Crippen LogP contribution in [0.2, 0.25) is 0 Å². The molecule has 1 aromatic heterocycles. The summed E-state index contributed by atoms with van der Waals surface area (Å²) < 4.78 is 45.7. The molecule has 0 amide bonds. The van der Waals surface area contributed by atoms with E-state index in [1.54, 1.807) is 16.7 Å². The Morgan fingerprint density at radius 2 is 1.90 bits per heavy atom. The lowest BCUT2D eigenvalue weighted by molar-refractivity contribution is -0.137. The van der Waals surface area contributed by atoms with Gasteiger partial charge in [-0.1, -0.05) is 43.7 Å². The molecule has 1 N–H and O–H groups in total. The molecule has 0 saturated heterocycles. The first-order valence-corrected chi connectivity index (χ1v) is 9.37. The van der Waals surface area contributed by atoms with Crippen LogP contribution in [0.4, 0.5) is 13.2 Å². The molecular formula is C22H21F3N2O3. The second-order valence-corrected chi connectivity index (χ2v) is 6.83. The minimum Gasteiger partial charge on any atom is -0.496 e. The van der Waals surface area contributed by atoms with Crippen LogP contribution in [0.3, 0.4) is 0 Å².